The standard InChI is InChI=1S/C22H41N9O6/c23-10-2-1-5-13(24)18(33)29-14(6-3-11-28-22(26)27)20(35)31-12-4-7-16(31)19(34)30-15(21(36)37)8-9-17(25)32/h13-16H,1-12,23-24H2,(H2,25,32)(H,29,33)(H,30,34)(H,36,37)(H4,26,27,28). The zero-order valence-corrected chi connectivity index (χ0v) is 21.1. The lowest BCUT2D eigenvalue weighted by molar-refractivity contribution is -0.145. The maximum atomic E-state index is 13.5. The Morgan fingerprint density at radius 1 is 0.973 bits per heavy atom. The van der Waals surface area contributed by atoms with E-state index in [0.717, 1.165) is 0 Å². The predicted octanol–water partition coefficient (Wildman–Crippen LogP) is -3.19. The van der Waals surface area contributed by atoms with Crippen LogP contribution in [0.25, 0.3) is 0 Å². The van der Waals surface area contributed by atoms with Crippen LogP contribution in [0.1, 0.15) is 57.8 Å². The number of aliphatic imine (C=N–C) groups is 1. The Morgan fingerprint density at radius 3 is 2.27 bits per heavy atom. The van der Waals surface area contributed by atoms with Crippen LogP contribution in [0.5, 0.6) is 0 Å². The Balaban J connectivity index is 2.95. The van der Waals surface area contributed by atoms with Gasteiger partial charge in [-0.3, -0.25) is 24.2 Å². The number of carboxylic acid groups (broad SMARTS) is 1. The van der Waals surface area contributed by atoms with Gasteiger partial charge in [-0.25, -0.2) is 4.79 Å². The van der Waals surface area contributed by atoms with E-state index in [2.05, 4.69) is 15.6 Å². The topological polar surface area (TPSA) is 275 Å². The highest BCUT2D eigenvalue weighted by atomic mass is 16.4. The lowest BCUT2D eigenvalue weighted by Crippen LogP contribution is -2.56. The number of nitrogens with zero attached hydrogens (tertiary/aromatic N) is 2. The van der Waals surface area contributed by atoms with Crippen molar-refractivity contribution in [2.45, 2.75) is 82.0 Å². The van der Waals surface area contributed by atoms with Crippen molar-refractivity contribution in [2.24, 2.45) is 33.7 Å². The third-order valence-electron chi connectivity index (χ3n) is 6.00. The molecule has 4 unspecified atom stereocenters. The van der Waals surface area contributed by atoms with Gasteiger partial charge < -0.3 is 49.3 Å². The summed E-state index contributed by atoms with van der Waals surface area (Å²) >= 11 is 0. The molecule has 0 bridgehead atoms. The summed E-state index contributed by atoms with van der Waals surface area (Å²) in [6, 6.07) is -4.09. The number of hydrogen-bond donors (Lipinski definition) is 8. The molecule has 15 nitrogen and oxygen atoms in total. The number of primary amides is 1. The summed E-state index contributed by atoms with van der Waals surface area (Å²) in [5, 5.41) is 14.5. The fraction of sp³-hybridized carbons (Fsp3) is 0.727. The Kier molecular flexibility index (Phi) is 13.9. The average molecular weight is 528 g/mol. The molecule has 1 heterocycles. The molecule has 15 heteroatoms. The average Bonchev–Trinajstić information content (AvgIpc) is 3.32. The van der Waals surface area contributed by atoms with E-state index >= 15 is 0 Å². The molecule has 1 fully saturated rings. The van der Waals surface area contributed by atoms with E-state index in [1.807, 2.05) is 0 Å². The van der Waals surface area contributed by atoms with E-state index < -0.39 is 53.8 Å². The molecular weight excluding hydrogens is 486 g/mol. The molecule has 4 amide bonds. The number of carbonyl (C=O) groups is 5. The molecule has 0 aromatic carbocycles. The summed E-state index contributed by atoms with van der Waals surface area (Å²) in [6.45, 7) is 0.956. The summed E-state index contributed by atoms with van der Waals surface area (Å²) in [7, 11) is 0. The van der Waals surface area contributed by atoms with Gasteiger partial charge in [-0.15, -0.1) is 0 Å². The second-order valence-corrected chi connectivity index (χ2v) is 8.99. The Labute approximate surface area is 215 Å². The van der Waals surface area contributed by atoms with Gasteiger partial charge in [-0.2, -0.15) is 0 Å². The number of carbonyl (C=O) groups excluding carboxylic acids is 4. The number of nitrogens with one attached hydrogen (secondary N) is 2. The van der Waals surface area contributed by atoms with Crippen LogP contribution in [-0.2, 0) is 24.0 Å². The van der Waals surface area contributed by atoms with E-state index in [4.69, 9.17) is 28.7 Å². The Morgan fingerprint density at radius 2 is 1.68 bits per heavy atom. The highest BCUT2D eigenvalue weighted by molar-refractivity contribution is 5.94. The molecule has 13 N–H and O–H groups in total. The predicted molar refractivity (Wildman–Crippen MR) is 135 cm³/mol. The monoisotopic (exact) mass is 527 g/mol. The van der Waals surface area contributed by atoms with E-state index in [1.165, 1.54) is 4.90 Å². The van der Waals surface area contributed by atoms with Crippen molar-refractivity contribution in [1.29, 1.82) is 0 Å². The first-order valence-corrected chi connectivity index (χ1v) is 12.4. The van der Waals surface area contributed by atoms with Crippen LogP contribution in [0.2, 0.25) is 0 Å². The van der Waals surface area contributed by atoms with Gasteiger partial charge in [0.05, 0.1) is 6.04 Å². The number of unbranched alkanes of at least 4 members (excludes halogenated alkanes) is 1. The van der Waals surface area contributed by atoms with Crippen molar-refractivity contribution in [3.8, 4) is 0 Å². The largest absolute Gasteiger partial charge is 0.480 e. The lowest BCUT2D eigenvalue weighted by Gasteiger charge is -2.30. The molecule has 0 aliphatic carbocycles. The third-order valence-corrected chi connectivity index (χ3v) is 6.00. The summed E-state index contributed by atoms with van der Waals surface area (Å²) in [5.74, 6) is -3.78. The molecule has 0 aromatic heterocycles. The minimum Gasteiger partial charge on any atom is -0.480 e. The van der Waals surface area contributed by atoms with Gasteiger partial charge in [0.25, 0.3) is 0 Å². The van der Waals surface area contributed by atoms with Crippen molar-refractivity contribution in [1.82, 2.24) is 15.5 Å². The minimum atomic E-state index is -1.33. The molecule has 4 atom stereocenters. The number of aliphatic carboxylic acids is 1. The van der Waals surface area contributed by atoms with Gasteiger partial charge in [0.15, 0.2) is 5.96 Å². The van der Waals surface area contributed by atoms with Crippen LogP contribution in [0.4, 0.5) is 0 Å². The Bertz CT molecular complexity index is 833. The summed E-state index contributed by atoms with van der Waals surface area (Å²) in [5.41, 5.74) is 27.2. The molecule has 0 saturated carbocycles. The second-order valence-electron chi connectivity index (χ2n) is 8.99. The second kappa shape index (κ2) is 16.3. The first kappa shape index (κ1) is 31.6. The van der Waals surface area contributed by atoms with Gasteiger partial charge in [-0.05, 0) is 51.5 Å². The highest BCUT2D eigenvalue weighted by Gasteiger charge is 2.39. The molecule has 1 saturated heterocycles. The van der Waals surface area contributed by atoms with Gasteiger partial charge in [0, 0.05) is 19.5 Å². The van der Waals surface area contributed by atoms with E-state index in [0.29, 0.717) is 45.1 Å². The molecule has 37 heavy (non-hydrogen) atoms. The smallest absolute Gasteiger partial charge is 0.326 e. The molecule has 1 aliphatic heterocycles. The van der Waals surface area contributed by atoms with Gasteiger partial charge >= 0.3 is 5.97 Å². The first-order chi connectivity index (χ1) is 17.5. The Hall–Kier alpha value is -3.46. The highest BCUT2D eigenvalue weighted by Crippen LogP contribution is 2.20. The number of likely N-dealkylation sites (tertiary alicyclic amines) is 1. The number of hydrogen-bond acceptors (Lipinski definition) is 8. The van der Waals surface area contributed by atoms with Gasteiger partial charge in [0.1, 0.15) is 18.1 Å². The van der Waals surface area contributed by atoms with Crippen LogP contribution >= 0.6 is 0 Å². The molecular formula is C22H41N9O6. The lowest BCUT2D eigenvalue weighted by atomic mass is 10.1. The van der Waals surface area contributed by atoms with E-state index in [1.54, 1.807) is 0 Å². The van der Waals surface area contributed by atoms with Crippen LogP contribution < -0.4 is 39.3 Å². The number of carboxylic acids is 1. The maximum Gasteiger partial charge on any atom is 0.326 e. The van der Waals surface area contributed by atoms with E-state index in [-0.39, 0.29) is 38.3 Å². The fourth-order valence-electron chi connectivity index (χ4n) is 3.99. The van der Waals surface area contributed by atoms with Crippen LogP contribution in [-0.4, -0.2) is 89.4 Å². The van der Waals surface area contributed by atoms with Gasteiger partial charge in [-0.1, -0.05) is 6.42 Å². The zero-order chi connectivity index (χ0) is 28.0. The van der Waals surface area contributed by atoms with Crippen molar-refractivity contribution >= 4 is 35.6 Å². The molecule has 0 radical (unpaired) electrons. The van der Waals surface area contributed by atoms with E-state index in [9.17, 15) is 29.1 Å². The minimum absolute atomic E-state index is 0.102. The molecule has 210 valence electrons. The zero-order valence-electron chi connectivity index (χ0n) is 21.1. The number of amides is 4. The number of guanidine groups is 1. The molecule has 1 aliphatic rings. The van der Waals surface area contributed by atoms with Crippen molar-refractivity contribution in [2.75, 3.05) is 19.6 Å². The van der Waals surface area contributed by atoms with Crippen molar-refractivity contribution in [3.05, 3.63) is 0 Å². The quantitative estimate of drug-likeness (QED) is 0.0532. The molecule has 0 spiro atoms. The molecule has 1 rings (SSSR count). The number of rotatable bonds is 17. The summed E-state index contributed by atoms with van der Waals surface area (Å²) in [6.07, 6.45) is 2.75. The van der Waals surface area contributed by atoms with Crippen LogP contribution in [0, 0.1) is 0 Å². The normalized spacial score (nSPS) is 17.4. The third kappa shape index (κ3) is 11.4. The SMILES string of the molecule is NCCCCC(N)C(=O)NC(CCCN=C(N)N)C(=O)N1CCCC1C(=O)NC(CCC(N)=O)C(=O)O. The number of nitrogens with two attached hydrogens (primary N) is 5. The summed E-state index contributed by atoms with van der Waals surface area (Å²) in [4.78, 5) is 66.8. The van der Waals surface area contributed by atoms with Crippen molar-refractivity contribution < 1.29 is 29.1 Å². The molecule has 0 aromatic rings. The summed E-state index contributed by atoms with van der Waals surface area (Å²) < 4.78 is 0. The van der Waals surface area contributed by atoms with Gasteiger partial charge in [0.2, 0.25) is 23.6 Å². The van der Waals surface area contributed by atoms with Crippen LogP contribution in [0.15, 0.2) is 4.99 Å². The van der Waals surface area contributed by atoms with Crippen molar-refractivity contribution in [3.63, 3.8) is 0 Å². The van der Waals surface area contributed by atoms with Crippen LogP contribution in [0.3, 0.4) is 0 Å². The fourth-order valence-corrected chi connectivity index (χ4v) is 3.99. The maximum absolute atomic E-state index is 13.5. The first-order valence-electron chi connectivity index (χ1n) is 12.4.